The summed E-state index contributed by atoms with van der Waals surface area (Å²) in [7, 11) is 3.01. The molecule has 166 valence electrons. The first-order valence-corrected chi connectivity index (χ1v) is 10.8. The molecule has 0 saturated heterocycles. The van der Waals surface area contributed by atoms with Crippen molar-refractivity contribution >= 4 is 39.1 Å². The van der Waals surface area contributed by atoms with Crippen molar-refractivity contribution in [1.29, 1.82) is 0 Å². The lowest BCUT2D eigenvalue weighted by Gasteiger charge is -2.25. The maximum atomic E-state index is 13.7. The number of aliphatic hydroxyl groups excluding tert-OH is 1. The van der Waals surface area contributed by atoms with Crippen molar-refractivity contribution in [3.8, 4) is 11.5 Å². The number of benzene rings is 2. The molecule has 1 atom stereocenters. The molecule has 1 aliphatic heterocycles. The molecule has 2 aromatic carbocycles. The van der Waals surface area contributed by atoms with Crippen molar-refractivity contribution in [2.45, 2.75) is 6.04 Å². The number of hydrogen-bond donors (Lipinski definition) is 1. The number of Topliss-reactive ketones (excluding diaryl/α,β-unsaturated/α-hetero) is 1. The molecule has 5 rings (SSSR count). The minimum absolute atomic E-state index is 0.0234. The molecule has 4 aromatic rings. The lowest BCUT2D eigenvalue weighted by atomic mass is 9.94. The van der Waals surface area contributed by atoms with Crippen LogP contribution in [-0.2, 0) is 4.79 Å². The van der Waals surface area contributed by atoms with E-state index in [0.717, 1.165) is 0 Å². The highest BCUT2D eigenvalue weighted by Gasteiger charge is 2.47. The molecule has 1 amide bonds. The number of carbonyl (C=O) groups is 2. The zero-order chi connectivity index (χ0) is 23.1. The van der Waals surface area contributed by atoms with E-state index < -0.39 is 23.5 Å². The first kappa shape index (κ1) is 20.8. The summed E-state index contributed by atoms with van der Waals surface area (Å²) < 4.78 is 16.6. The highest BCUT2D eigenvalue weighted by atomic mass is 32.1. The number of aromatic nitrogens is 1. The summed E-state index contributed by atoms with van der Waals surface area (Å²) in [5.41, 5.74) is 0.820. The van der Waals surface area contributed by atoms with Crippen molar-refractivity contribution in [3.05, 3.63) is 82.8 Å². The standard InChI is InChI=1S/C24H18N2O6S/c1-30-15-8-4-3-7-14(15)19-18(21(28)23(29)26(19)24-25-10-11-33-24)20(27)17-12-13-6-5-9-16(31-2)22(13)32-17/h3-12,19,28H,1-2H3. The number of rotatable bonds is 6. The van der Waals surface area contributed by atoms with E-state index in [1.165, 1.54) is 30.5 Å². The van der Waals surface area contributed by atoms with Gasteiger partial charge < -0.3 is 19.0 Å². The fraction of sp³-hybridized carbons (Fsp3) is 0.125. The number of anilines is 1. The molecule has 1 aliphatic rings. The Kier molecular flexibility index (Phi) is 5.10. The van der Waals surface area contributed by atoms with Crippen LogP contribution in [0.3, 0.4) is 0 Å². The van der Waals surface area contributed by atoms with Crippen LogP contribution in [0.15, 0.2) is 75.9 Å². The lowest BCUT2D eigenvalue weighted by molar-refractivity contribution is -0.117. The summed E-state index contributed by atoms with van der Waals surface area (Å²) in [5, 5.41) is 13.6. The fourth-order valence-corrected chi connectivity index (χ4v) is 4.66. The second-order valence-electron chi connectivity index (χ2n) is 7.22. The summed E-state index contributed by atoms with van der Waals surface area (Å²) in [6.07, 6.45) is 1.55. The van der Waals surface area contributed by atoms with Crippen LogP contribution >= 0.6 is 11.3 Å². The Morgan fingerprint density at radius 2 is 1.88 bits per heavy atom. The Labute approximate surface area is 192 Å². The topological polar surface area (TPSA) is 102 Å². The second kappa shape index (κ2) is 8.10. The number of thiazole rings is 1. The van der Waals surface area contributed by atoms with E-state index in [1.807, 2.05) is 0 Å². The molecular formula is C24H18N2O6S. The highest BCUT2D eigenvalue weighted by Crippen LogP contribution is 2.45. The molecule has 1 N–H and O–H groups in total. The van der Waals surface area contributed by atoms with Crippen LogP contribution in [0.1, 0.15) is 22.2 Å². The Balaban J connectivity index is 1.69. The Hall–Kier alpha value is -4.11. The van der Waals surface area contributed by atoms with Crippen LogP contribution in [0.25, 0.3) is 11.0 Å². The predicted octanol–water partition coefficient (Wildman–Crippen LogP) is 4.69. The fourth-order valence-electron chi connectivity index (χ4n) is 4.00. The number of ether oxygens (including phenoxy) is 2. The van der Waals surface area contributed by atoms with Gasteiger partial charge >= 0.3 is 0 Å². The number of para-hydroxylation sites is 2. The number of amides is 1. The van der Waals surface area contributed by atoms with Gasteiger partial charge in [-0.2, -0.15) is 0 Å². The number of methoxy groups -OCH3 is 2. The van der Waals surface area contributed by atoms with E-state index in [0.29, 0.717) is 33.2 Å². The van der Waals surface area contributed by atoms with Gasteiger partial charge in [0, 0.05) is 22.5 Å². The number of carbonyl (C=O) groups excluding carboxylic acids is 2. The van der Waals surface area contributed by atoms with Gasteiger partial charge in [-0.3, -0.25) is 14.5 Å². The van der Waals surface area contributed by atoms with Gasteiger partial charge in [-0.25, -0.2) is 4.98 Å². The van der Waals surface area contributed by atoms with Crippen molar-refractivity contribution in [3.63, 3.8) is 0 Å². The summed E-state index contributed by atoms with van der Waals surface area (Å²) >= 11 is 1.22. The highest BCUT2D eigenvalue weighted by molar-refractivity contribution is 7.13. The number of nitrogens with zero attached hydrogens (tertiary/aromatic N) is 2. The van der Waals surface area contributed by atoms with Gasteiger partial charge in [-0.15, -0.1) is 11.3 Å². The number of aliphatic hydroxyl groups is 1. The van der Waals surface area contributed by atoms with Crippen molar-refractivity contribution in [2.24, 2.45) is 0 Å². The average Bonchev–Trinajstić information content (AvgIpc) is 3.57. The Morgan fingerprint density at radius 1 is 1.12 bits per heavy atom. The molecule has 0 bridgehead atoms. The first-order chi connectivity index (χ1) is 16.0. The van der Waals surface area contributed by atoms with Gasteiger partial charge in [0.15, 0.2) is 28.0 Å². The SMILES string of the molecule is COc1ccccc1C1C(C(=O)c2cc3cccc(OC)c3o2)=C(O)C(=O)N1c1nccs1. The molecule has 0 spiro atoms. The number of hydrogen-bond acceptors (Lipinski definition) is 8. The molecular weight excluding hydrogens is 444 g/mol. The lowest BCUT2D eigenvalue weighted by Crippen LogP contribution is -2.31. The molecule has 2 aromatic heterocycles. The Morgan fingerprint density at radius 3 is 2.61 bits per heavy atom. The third-order valence-corrected chi connectivity index (χ3v) is 6.23. The van der Waals surface area contributed by atoms with Crippen LogP contribution in [0.4, 0.5) is 5.13 Å². The van der Waals surface area contributed by atoms with Crippen LogP contribution in [0, 0.1) is 0 Å². The maximum Gasteiger partial charge on any atom is 0.296 e. The number of fused-ring (bicyclic) bond motifs is 1. The molecule has 9 heteroatoms. The van der Waals surface area contributed by atoms with E-state index in [1.54, 1.807) is 60.1 Å². The van der Waals surface area contributed by atoms with Gasteiger partial charge in [0.2, 0.25) is 5.78 Å². The quantitative estimate of drug-likeness (QED) is 0.415. The molecule has 0 fully saturated rings. The maximum absolute atomic E-state index is 13.7. The summed E-state index contributed by atoms with van der Waals surface area (Å²) in [6, 6.07) is 12.9. The normalized spacial score (nSPS) is 16.0. The van der Waals surface area contributed by atoms with Crippen LogP contribution < -0.4 is 14.4 Å². The van der Waals surface area contributed by atoms with Gasteiger partial charge in [-0.05, 0) is 18.2 Å². The summed E-state index contributed by atoms with van der Waals surface area (Å²) in [5.74, 6) is -1.09. The number of furan rings is 1. The van der Waals surface area contributed by atoms with Gasteiger partial charge in [0.05, 0.1) is 19.8 Å². The summed E-state index contributed by atoms with van der Waals surface area (Å²) in [6.45, 7) is 0. The monoisotopic (exact) mass is 462 g/mol. The number of ketones is 1. The predicted molar refractivity (Wildman–Crippen MR) is 122 cm³/mol. The van der Waals surface area contributed by atoms with E-state index in [-0.39, 0.29) is 11.3 Å². The zero-order valence-corrected chi connectivity index (χ0v) is 18.5. The van der Waals surface area contributed by atoms with E-state index in [2.05, 4.69) is 4.98 Å². The Bertz CT molecular complexity index is 1410. The molecule has 0 saturated carbocycles. The van der Waals surface area contributed by atoms with Crippen LogP contribution in [0.2, 0.25) is 0 Å². The van der Waals surface area contributed by atoms with Gasteiger partial charge in [-0.1, -0.05) is 30.3 Å². The first-order valence-electron chi connectivity index (χ1n) is 9.95. The molecule has 33 heavy (non-hydrogen) atoms. The van der Waals surface area contributed by atoms with Crippen LogP contribution in [-0.4, -0.2) is 36.0 Å². The van der Waals surface area contributed by atoms with Gasteiger partial charge in [0.1, 0.15) is 11.8 Å². The van der Waals surface area contributed by atoms with Crippen molar-refractivity contribution in [1.82, 2.24) is 4.98 Å². The van der Waals surface area contributed by atoms with Crippen molar-refractivity contribution in [2.75, 3.05) is 19.1 Å². The third kappa shape index (κ3) is 3.25. The van der Waals surface area contributed by atoms with E-state index >= 15 is 0 Å². The third-order valence-electron chi connectivity index (χ3n) is 5.46. The van der Waals surface area contributed by atoms with Gasteiger partial charge in [0.25, 0.3) is 5.91 Å². The smallest absolute Gasteiger partial charge is 0.296 e. The molecule has 8 nitrogen and oxygen atoms in total. The zero-order valence-electron chi connectivity index (χ0n) is 17.6. The van der Waals surface area contributed by atoms with E-state index in [9.17, 15) is 14.7 Å². The largest absolute Gasteiger partial charge is 0.503 e. The van der Waals surface area contributed by atoms with E-state index in [4.69, 9.17) is 13.9 Å². The van der Waals surface area contributed by atoms with Crippen LogP contribution in [0.5, 0.6) is 11.5 Å². The molecule has 1 unspecified atom stereocenters. The summed E-state index contributed by atoms with van der Waals surface area (Å²) in [4.78, 5) is 32.4. The molecule has 0 aliphatic carbocycles. The van der Waals surface area contributed by atoms with Crippen molar-refractivity contribution < 1.29 is 28.6 Å². The average molecular weight is 462 g/mol. The second-order valence-corrected chi connectivity index (χ2v) is 8.09. The molecule has 0 radical (unpaired) electrons. The minimum atomic E-state index is -0.956. The molecule has 3 heterocycles. The minimum Gasteiger partial charge on any atom is -0.503 e.